The van der Waals surface area contributed by atoms with Gasteiger partial charge in [0.1, 0.15) is 17.3 Å². The third-order valence-electron chi connectivity index (χ3n) is 6.14. The van der Waals surface area contributed by atoms with E-state index in [9.17, 15) is 22.8 Å². The van der Waals surface area contributed by atoms with Crippen LogP contribution in [0.15, 0.2) is 60.7 Å². The van der Waals surface area contributed by atoms with Crippen molar-refractivity contribution >= 4 is 22.5 Å². The summed E-state index contributed by atoms with van der Waals surface area (Å²) in [5.74, 6) is -0.00412. The van der Waals surface area contributed by atoms with E-state index in [0.29, 0.717) is 28.0 Å². The number of fused-ring (bicyclic) bond motifs is 1. The maximum absolute atomic E-state index is 13.6. The third-order valence-corrected chi connectivity index (χ3v) is 6.14. The van der Waals surface area contributed by atoms with Crippen molar-refractivity contribution in [2.45, 2.75) is 39.7 Å². The number of benzene rings is 2. The number of rotatable bonds is 8. The van der Waals surface area contributed by atoms with Gasteiger partial charge in [0.05, 0.1) is 18.2 Å². The molecular formula is C28H25F3N2O5. The average molecular weight is 527 g/mol. The lowest BCUT2D eigenvalue weighted by molar-refractivity contribution is -0.274. The minimum Gasteiger partial charge on any atom is -0.497 e. The van der Waals surface area contributed by atoms with Crippen LogP contribution in [0.5, 0.6) is 17.4 Å². The summed E-state index contributed by atoms with van der Waals surface area (Å²) < 4.78 is 55.6. The molecule has 0 bridgehead atoms. The van der Waals surface area contributed by atoms with Gasteiger partial charge in [0.25, 0.3) is 0 Å². The number of carbonyl (C=O) groups excluding carboxylic acids is 2. The summed E-state index contributed by atoms with van der Waals surface area (Å²) in [5.41, 5.74) is 0.234. The molecule has 0 fully saturated rings. The van der Waals surface area contributed by atoms with Crippen molar-refractivity contribution in [1.82, 2.24) is 9.55 Å². The second-order valence-electron chi connectivity index (χ2n) is 9.08. The Labute approximate surface area is 216 Å². The molecule has 2 aromatic carbocycles. The van der Waals surface area contributed by atoms with Gasteiger partial charge in [0.15, 0.2) is 17.2 Å². The van der Waals surface area contributed by atoms with Crippen LogP contribution in [0.25, 0.3) is 16.7 Å². The van der Waals surface area contributed by atoms with Gasteiger partial charge in [0, 0.05) is 28.8 Å². The Hall–Kier alpha value is -4.34. The van der Waals surface area contributed by atoms with E-state index < -0.39 is 17.7 Å². The zero-order valence-electron chi connectivity index (χ0n) is 21.3. The smallest absolute Gasteiger partial charge is 0.497 e. The van der Waals surface area contributed by atoms with Gasteiger partial charge in [-0.2, -0.15) is 4.98 Å². The minimum absolute atomic E-state index is 0.134. The van der Waals surface area contributed by atoms with Gasteiger partial charge < -0.3 is 14.2 Å². The lowest BCUT2D eigenvalue weighted by Gasteiger charge is -2.22. The summed E-state index contributed by atoms with van der Waals surface area (Å²) in [7, 11) is 1.51. The normalized spacial score (nSPS) is 11.9. The maximum atomic E-state index is 13.6. The third kappa shape index (κ3) is 5.34. The van der Waals surface area contributed by atoms with E-state index in [2.05, 4.69) is 9.72 Å². The number of nitrogens with zero attached hydrogens (tertiary/aromatic N) is 2. The SMILES string of the molecule is COc1ccc(C(=O)c2c(C)n(-c3cccc(OC(C)(C)C(C)=O)n3)c3cc(OC(F)(F)F)ccc23)cc1. The number of carbonyl (C=O) groups is 2. The molecule has 2 aromatic heterocycles. The fourth-order valence-electron chi connectivity index (χ4n) is 3.98. The van der Waals surface area contributed by atoms with Crippen LogP contribution in [-0.2, 0) is 4.79 Å². The lowest BCUT2D eigenvalue weighted by atomic mass is 10.0. The van der Waals surface area contributed by atoms with Crippen molar-refractivity contribution in [3.63, 3.8) is 0 Å². The number of alkyl halides is 3. The molecule has 0 saturated carbocycles. The van der Waals surface area contributed by atoms with Crippen LogP contribution >= 0.6 is 0 Å². The quantitative estimate of drug-likeness (QED) is 0.254. The second-order valence-corrected chi connectivity index (χ2v) is 9.08. The number of aromatic nitrogens is 2. The lowest BCUT2D eigenvalue weighted by Crippen LogP contribution is -2.36. The maximum Gasteiger partial charge on any atom is 0.573 e. The van der Waals surface area contributed by atoms with Crippen LogP contribution in [0.3, 0.4) is 0 Å². The van der Waals surface area contributed by atoms with Crippen molar-refractivity contribution < 1.29 is 37.0 Å². The molecule has 4 rings (SSSR count). The first-order chi connectivity index (χ1) is 17.8. The molecule has 0 N–H and O–H groups in total. The number of methoxy groups -OCH3 is 1. The molecule has 198 valence electrons. The molecule has 0 amide bonds. The van der Waals surface area contributed by atoms with E-state index in [1.807, 2.05) is 0 Å². The molecular weight excluding hydrogens is 501 g/mol. The summed E-state index contributed by atoms with van der Waals surface area (Å²) >= 11 is 0. The molecule has 0 aliphatic heterocycles. The summed E-state index contributed by atoms with van der Waals surface area (Å²) in [6.45, 7) is 6.28. The predicted octanol–water partition coefficient (Wildman–Crippen LogP) is 6.22. The van der Waals surface area contributed by atoms with Gasteiger partial charge in [-0.3, -0.25) is 14.2 Å². The van der Waals surface area contributed by atoms with Crippen LogP contribution in [0, 0.1) is 6.92 Å². The summed E-state index contributed by atoms with van der Waals surface area (Å²) in [6.07, 6.45) is -4.90. The van der Waals surface area contributed by atoms with Gasteiger partial charge in [0.2, 0.25) is 5.88 Å². The molecule has 0 unspecified atom stereocenters. The number of ether oxygens (including phenoxy) is 3. The Morgan fingerprint density at radius 3 is 2.18 bits per heavy atom. The number of ketones is 2. The number of pyridine rings is 1. The Morgan fingerprint density at radius 2 is 1.58 bits per heavy atom. The van der Waals surface area contributed by atoms with Gasteiger partial charge in [-0.15, -0.1) is 13.2 Å². The van der Waals surface area contributed by atoms with Gasteiger partial charge in [-0.1, -0.05) is 6.07 Å². The molecule has 2 heterocycles. The molecule has 0 aliphatic rings. The first-order valence-corrected chi connectivity index (χ1v) is 11.6. The van der Waals surface area contributed by atoms with E-state index >= 15 is 0 Å². The standard InChI is InChI=1S/C28H25F3N2O5/c1-16-25(26(35)18-9-11-19(36-5)12-10-18)21-14-13-20(37-28(29,30)31)15-22(21)33(16)23-7-6-8-24(32-23)38-27(3,4)17(2)34/h6-15H,1-5H3. The van der Waals surface area contributed by atoms with Crippen molar-refractivity contribution in [2.75, 3.05) is 7.11 Å². The highest BCUT2D eigenvalue weighted by Crippen LogP contribution is 2.35. The van der Waals surface area contributed by atoms with Crippen LogP contribution in [-0.4, -0.2) is 40.2 Å². The number of hydrogen-bond donors (Lipinski definition) is 0. The Kier molecular flexibility index (Phi) is 6.92. The monoisotopic (exact) mass is 526 g/mol. The number of halogens is 3. The zero-order valence-corrected chi connectivity index (χ0v) is 21.3. The highest BCUT2D eigenvalue weighted by Gasteiger charge is 2.32. The largest absolute Gasteiger partial charge is 0.573 e. The Bertz CT molecular complexity index is 1520. The highest BCUT2D eigenvalue weighted by molar-refractivity contribution is 6.18. The van der Waals surface area contributed by atoms with Gasteiger partial charge >= 0.3 is 6.36 Å². The second kappa shape index (κ2) is 9.85. The first-order valence-electron chi connectivity index (χ1n) is 11.6. The van der Waals surface area contributed by atoms with E-state index in [-0.39, 0.29) is 28.8 Å². The highest BCUT2D eigenvalue weighted by atomic mass is 19.4. The number of hydrogen-bond acceptors (Lipinski definition) is 6. The Morgan fingerprint density at radius 1 is 0.921 bits per heavy atom. The Balaban J connectivity index is 1.91. The van der Waals surface area contributed by atoms with Crippen molar-refractivity contribution in [3.8, 4) is 23.2 Å². The summed E-state index contributed by atoms with van der Waals surface area (Å²) in [5, 5.41) is 0.412. The van der Waals surface area contributed by atoms with Gasteiger partial charge in [-0.05, 0) is 70.2 Å². The predicted molar refractivity (Wildman–Crippen MR) is 134 cm³/mol. The molecule has 0 aliphatic carbocycles. The van der Waals surface area contributed by atoms with E-state index in [1.165, 1.54) is 26.2 Å². The molecule has 0 radical (unpaired) electrons. The number of Topliss-reactive ketones (excluding diaryl/α,β-unsaturated/α-hetero) is 1. The molecule has 4 aromatic rings. The minimum atomic E-state index is -4.90. The van der Waals surface area contributed by atoms with E-state index in [1.54, 1.807) is 67.8 Å². The van der Waals surface area contributed by atoms with Crippen molar-refractivity contribution in [1.29, 1.82) is 0 Å². The molecule has 10 heteroatoms. The molecule has 7 nitrogen and oxygen atoms in total. The zero-order chi connectivity index (χ0) is 27.8. The summed E-state index contributed by atoms with van der Waals surface area (Å²) in [6, 6.07) is 15.1. The first kappa shape index (κ1) is 26.7. The van der Waals surface area contributed by atoms with Gasteiger partial charge in [-0.25, -0.2) is 0 Å². The molecule has 0 spiro atoms. The van der Waals surface area contributed by atoms with Crippen molar-refractivity contribution in [3.05, 3.63) is 77.5 Å². The van der Waals surface area contributed by atoms with Crippen LogP contribution in [0.4, 0.5) is 13.2 Å². The fourth-order valence-corrected chi connectivity index (χ4v) is 3.98. The summed E-state index contributed by atoms with van der Waals surface area (Å²) in [4.78, 5) is 30.1. The van der Waals surface area contributed by atoms with Crippen LogP contribution in [0.2, 0.25) is 0 Å². The molecule has 38 heavy (non-hydrogen) atoms. The molecule has 0 saturated heterocycles. The fraction of sp³-hybridized carbons (Fsp3) is 0.250. The van der Waals surface area contributed by atoms with Crippen LogP contribution < -0.4 is 14.2 Å². The molecule has 0 atom stereocenters. The van der Waals surface area contributed by atoms with Crippen molar-refractivity contribution in [2.24, 2.45) is 0 Å². The average Bonchev–Trinajstić information content (AvgIpc) is 3.13. The van der Waals surface area contributed by atoms with E-state index in [4.69, 9.17) is 9.47 Å². The topological polar surface area (TPSA) is 79.7 Å². The van der Waals surface area contributed by atoms with Crippen LogP contribution in [0.1, 0.15) is 42.4 Å². The van der Waals surface area contributed by atoms with E-state index in [0.717, 1.165) is 6.07 Å².